The van der Waals surface area contributed by atoms with E-state index in [2.05, 4.69) is 0 Å². The van der Waals surface area contributed by atoms with Crippen LogP contribution in [-0.2, 0) is 28.7 Å². The Bertz CT molecular complexity index is 454. The first kappa shape index (κ1) is 19.6. The lowest BCUT2D eigenvalue weighted by atomic mass is 9.99. The molecule has 0 amide bonds. The molecule has 0 spiro atoms. The molecule has 140 valence electrons. The predicted octanol–water partition coefficient (Wildman–Crippen LogP) is 3.05. The summed E-state index contributed by atoms with van der Waals surface area (Å²) >= 11 is 0. The Kier molecular flexibility index (Phi) is 8.09. The Balaban J connectivity index is 1.50. The molecule has 6 nitrogen and oxygen atoms in total. The van der Waals surface area contributed by atoms with Crippen LogP contribution < -0.4 is 0 Å². The first-order valence-electron chi connectivity index (χ1n) is 9.45. The Morgan fingerprint density at radius 1 is 0.760 bits per heavy atom. The number of hydrogen-bond acceptors (Lipinski definition) is 6. The van der Waals surface area contributed by atoms with Crippen molar-refractivity contribution in [1.82, 2.24) is 0 Å². The highest BCUT2D eigenvalue weighted by Crippen LogP contribution is 2.20. The molecule has 0 N–H and O–H groups in total. The lowest BCUT2D eigenvalue weighted by molar-refractivity contribution is -0.155. The number of carbonyl (C=O) groups is 4. The average molecular weight is 352 g/mol. The van der Waals surface area contributed by atoms with Crippen molar-refractivity contribution in [3.63, 3.8) is 0 Å². The minimum Gasteiger partial charge on any atom is -0.462 e. The summed E-state index contributed by atoms with van der Waals surface area (Å²) in [6.07, 6.45) is 7.40. The molecule has 0 bridgehead atoms. The molecule has 2 fully saturated rings. The SMILES string of the molecule is O=C(CCCC(=O)CCC1CCCC(=O)O1)CCC1CCCC(=O)O1. The zero-order chi connectivity index (χ0) is 18.1. The van der Waals surface area contributed by atoms with Gasteiger partial charge in [-0.2, -0.15) is 0 Å². The van der Waals surface area contributed by atoms with Gasteiger partial charge in [-0.15, -0.1) is 0 Å². The zero-order valence-corrected chi connectivity index (χ0v) is 14.8. The number of Topliss-reactive ketones (excluding diaryl/α,β-unsaturated/α-hetero) is 2. The van der Waals surface area contributed by atoms with Crippen LogP contribution in [0, 0.1) is 0 Å². The minimum absolute atomic E-state index is 0.120. The monoisotopic (exact) mass is 352 g/mol. The fraction of sp³-hybridized carbons (Fsp3) is 0.789. The van der Waals surface area contributed by atoms with Crippen molar-refractivity contribution < 1.29 is 28.7 Å². The van der Waals surface area contributed by atoms with Crippen LogP contribution in [0.15, 0.2) is 0 Å². The highest BCUT2D eigenvalue weighted by molar-refractivity contribution is 5.81. The van der Waals surface area contributed by atoms with Gasteiger partial charge in [0.05, 0.1) is 0 Å². The van der Waals surface area contributed by atoms with E-state index in [0.29, 0.717) is 57.8 Å². The number of cyclic esters (lactones) is 2. The Morgan fingerprint density at radius 2 is 1.20 bits per heavy atom. The van der Waals surface area contributed by atoms with Gasteiger partial charge in [-0.3, -0.25) is 19.2 Å². The van der Waals surface area contributed by atoms with E-state index in [9.17, 15) is 19.2 Å². The molecule has 2 aliphatic rings. The van der Waals surface area contributed by atoms with Gasteiger partial charge in [0, 0.05) is 38.5 Å². The molecule has 2 rings (SSSR count). The number of esters is 2. The summed E-state index contributed by atoms with van der Waals surface area (Å²) in [7, 11) is 0. The summed E-state index contributed by atoms with van der Waals surface area (Å²) in [4.78, 5) is 46.1. The molecule has 0 aromatic carbocycles. The normalized spacial score (nSPS) is 23.7. The van der Waals surface area contributed by atoms with Crippen molar-refractivity contribution in [1.29, 1.82) is 0 Å². The molecular formula is C19H28O6. The highest BCUT2D eigenvalue weighted by Gasteiger charge is 2.22. The van der Waals surface area contributed by atoms with E-state index in [1.54, 1.807) is 0 Å². The standard InChI is InChI=1S/C19H28O6/c20-14(10-12-16-6-2-8-18(22)24-16)4-1-5-15(21)11-13-17-7-3-9-19(23)25-17/h16-17H,1-13H2. The predicted molar refractivity (Wildman–Crippen MR) is 89.8 cm³/mol. The summed E-state index contributed by atoms with van der Waals surface area (Å²) in [5.74, 6) is -0.0952. The lowest BCUT2D eigenvalue weighted by Crippen LogP contribution is -2.24. The van der Waals surface area contributed by atoms with Crippen molar-refractivity contribution in [2.45, 2.75) is 95.7 Å². The largest absolute Gasteiger partial charge is 0.462 e. The van der Waals surface area contributed by atoms with Gasteiger partial charge in [-0.25, -0.2) is 0 Å². The molecule has 0 radical (unpaired) electrons. The Labute approximate surface area is 148 Å². The van der Waals surface area contributed by atoms with Crippen molar-refractivity contribution in [3.05, 3.63) is 0 Å². The van der Waals surface area contributed by atoms with Crippen LogP contribution in [0.25, 0.3) is 0 Å². The van der Waals surface area contributed by atoms with Gasteiger partial charge < -0.3 is 9.47 Å². The van der Waals surface area contributed by atoms with Crippen LogP contribution in [-0.4, -0.2) is 35.7 Å². The van der Waals surface area contributed by atoms with Gasteiger partial charge >= 0.3 is 11.9 Å². The van der Waals surface area contributed by atoms with E-state index < -0.39 is 0 Å². The van der Waals surface area contributed by atoms with E-state index in [0.717, 1.165) is 25.7 Å². The first-order chi connectivity index (χ1) is 12.0. The molecule has 6 heteroatoms. The van der Waals surface area contributed by atoms with Gasteiger partial charge in [0.1, 0.15) is 23.8 Å². The molecule has 0 saturated carbocycles. The second-order valence-corrected chi connectivity index (χ2v) is 7.02. The summed E-state index contributed by atoms with van der Waals surface area (Å²) in [6, 6.07) is 0. The van der Waals surface area contributed by atoms with Crippen molar-refractivity contribution in [2.24, 2.45) is 0 Å². The van der Waals surface area contributed by atoms with E-state index >= 15 is 0 Å². The first-order valence-corrected chi connectivity index (χ1v) is 9.45. The van der Waals surface area contributed by atoms with Crippen LogP contribution >= 0.6 is 0 Å². The van der Waals surface area contributed by atoms with E-state index in [-0.39, 0.29) is 35.7 Å². The number of carbonyl (C=O) groups excluding carboxylic acids is 4. The lowest BCUT2D eigenvalue weighted by Gasteiger charge is -2.22. The maximum Gasteiger partial charge on any atom is 0.306 e. The molecule has 0 aromatic heterocycles. The average Bonchev–Trinajstić information content (AvgIpc) is 2.58. The van der Waals surface area contributed by atoms with Crippen LogP contribution in [0.2, 0.25) is 0 Å². The summed E-state index contributed by atoms with van der Waals surface area (Å²) < 4.78 is 10.4. The van der Waals surface area contributed by atoms with E-state index in [4.69, 9.17) is 9.47 Å². The van der Waals surface area contributed by atoms with Crippen LogP contribution in [0.5, 0.6) is 0 Å². The molecule has 0 aromatic rings. The number of rotatable bonds is 10. The number of ether oxygens (including phenoxy) is 2. The second-order valence-electron chi connectivity index (χ2n) is 7.02. The molecule has 2 heterocycles. The second kappa shape index (κ2) is 10.3. The van der Waals surface area contributed by atoms with Crippen molar-refractivity contribution in [3.8, 4) is 0 Å². The molecule has 25 heavy (non-hydrogen) atoms. The van der Waals surface area contributed by atoms with Gasteiger partial charge in [-0.05, 0) is 44.9 Å². The van der Waals surface area contributed by atoms with Gasteiger partial charge in [0.15, 0.2) is 0 Å². The summed E-state index contributed by atoms with van der Waals surface area (Å²) in [6.45, 7) is 0. The topological polar surface area (TPSA) is 86.7 Å². The quantitative estimate of drug-likeness (QED) is 0.562. The maximum atomic E-state index is 11.9. The molecule has 2 unspecified atom stereocenters. The van der Waals surface area contributed by atoms with Gasteiger partial charge in [0.2, 0.25) is 0 Å². The van der Waals surface area contributed by atoms with Crippen LogP contribution in [0.1, 0.15) is 83.5 Å². The third-order valence-electron chi connectivity index (χ3n) is 4.81. The Hall–Kier alpha value is -1.72. The molecule has 2 saturated heterocycles. The van der Waals surface area contributed by atoms with E-state index in [1.807, 2.05) is 0 Å². The summed E-state index contributed by atoms with van der Waals surface area (Å²) in [5, 5.41) is 0. The maximum absolute atomic E-state index is 11.9. The summed E-state index contributed by atoms with van der Waals surface area (Å²) in [5.41, 5.74) is 0. The smallest absolute Gasteiger partial charge is 0.306 e. The third kappa shape index (κ3) is 7.80. The fourth-order valence-electron chi connectivity index (χ4n) is 3.34. The molecule has 2 aliphatic heterocycles. The van der Waals surface area contributed by atoms with Crippen molar-refractivity contribution >= 4 is 23.5 Å². The van der Waals surface area contributed by atoms with Crippen LogP contribution in [0.3, 0.4) is 0 Å². The number of ketones is 2. The Morgan fingerprint density at radius 3 is 1.60 bits per heavy atom. The van der Waals surface area contributed by atoms with Gasteiger partial charge in [0.25, 0.3) is 0 Å². The molecule has 2 atom stereocenters. The molecular weight excluding hydrogens is 324 g/mol. The minimum atomic E-state index is -0.169. The van der Waals surface area contributed by atoms with Crippen LogP contribution in [0.4, 0.5) is 0 Å². The highest BCUT2D eigenvalue weighted by atomic mass is 16.5. The van der Waals surface area contributed by atoms with E-state index in [1.165, 1.54) is 0 Å². The zero-order valence-electron chi connectivity index (χ0n) is 14.8. The number of hydrogen-bond donors (Lipinski definition) is 0. The third-order valence-corrected chi connectivity index (χ3v) is 4.81. The fourth-order valence-corrected chi connectivity index (χ4v) is 3.34. The van der Waals surface area contributed by atoms with Crippen molar-refractivity contribution in [2.75, 3.05) is 0 Å². The van der Waals surface area contributed by atoms with Gasteiger partial charge in [-0.1, -0.05) is 0 Å². The molecule has 0 aliphatic carbocycles.